The lowest BCUT2D eigenvalue weighted by atomic mass is 10.1. The number of nitrogens with one attached hydrogen (secondary N) is 1. The normalized spacial score (nSPS) is 17.2. The fourth-order valence-corrected chi connectivity index (χ4v) is 2.25. The van der Waals surface area contributed by atoms with Gasteiger partial charge in [-0.3, -0.25) is 9.89 Å². The molecule has 3 rings (SSSR count). The molecule has 0 amide bonds. The van der Waals surface area contributed by atoms with Gasteiger partial charge >= 0.3 is 6.18 Å². The highest BCUT2D eigenvalue weighted by molar-refractivity contribution is 5.42. The molecule has 106 valence electrons. The van der Waals surface area contributed by atoms with Gasteiger partial charge in [0, 0.05) is 17.2 Å². The van der Waals surface area contributed by atoms with Crippen LogP contribution < -0.4 is 5.56 Å². The van der Waals surface area contributed by atoms with Crippen molar-refractivity contribution >= 4 is 0 Å². The van der Waals surface area contributed by atoms with E-state index >= 15 is 0 Å². The van der Waals surface area contributed by atoms with Gasteiger partial charge < -0.3 is 0 Å². The van der Waals surface area contributed by atoms with Gasteiger partial charge in [0.1, 0.15) is 0 Å². The number of hydrogen-bond donors (Lipinski definition) is 1. The maximum absolute atomic E-state index is 13.0. The average Bonchev–Trinajstić information content (AvgIpc) is 3.00. The first-order chi connectivity index (χ1) is 9.31. The quantitative estimate of drug-likeness (QED) is 0.902. The third-order valence-electron chi connectivity index (χ3n) is 3.82. The summed E-state index contributed by atoms with van der Waals surface area (Å²) in [4.78, 5) is 12.0. The summed E-state index contributed by atoms with van der Waals surface area (Å²) in [7, 11) is 0. The van der Waals surface area contributed by atoms with E-state index < -0.39 is 17.3 Å². The molecule has 20 heavy (non-hydrogen) atoms. The monoisotopic (exact) mass is 282 g/mol. The SMILES string of the molecule is CC1(c2cc(=O)n(-c3ccccc3C(F)(F)F)[nH]2)CC1. The Balaban J connectivity index is 2.15. The fraction of sp³-hybridized carbons (Fsp3) is 0.357. The van der Waals surface area contributed by atoms with Gasteiger partial charge in [-0.25, -0.2) is 4.68 Å². The molecule has 1 aliphatic carbocycles. The Morgan fingerprint density at radius 3 is 2.50 bits per heavy atom. The second-order valence-electron chi connectivity index (χ2n) is 5.42. The van der Waals surface area contributed by atoms with Gasteiger partial charge in [0.05, 0.1) is 11.3 Å². The van der Waals surface area contributed by atoms with Crippen LogP contribution in [-0.2, 0) is 11.6 Å². The Labute approximate surface area is 113 Å². The van der Waals surface area contributed by atoms with Crippen molar-refractivity contribution < 1.29 is 13.2 Å². The summed E-state index contributed by atoms with van der Waals surface area (Å²) in [6.45, 7) is 1.98. The lowest BCUT2D eigenvalue weighted by Gasteiger charge is -2.13. The molecular weight excluding hydrogens is 269 g/mol. The van der Waals surface area contributed by atoms with Crippen LogP contribution in [0.1, 0.15) is 31.0 Å². The van der Waals surface area contributed by atoms with E-state index in [-0.39, 0.29) is 11.1 Å². The molecule has 2 aromatic rings. The molecule has 0 unspecified atom stereocenters. The summed E-state index contributed by atoms with van der Waals surface area (Å²) in [6, 6.07) is 6.45. The van der Waals surface area contributed by atoms with Gasteiger partial charge in [0.15, 0.2) is 0 Å². The van der Waals surface area contributed by atoms with Crippen molar-refractivity contribution in [2.24, 2.45) is 0 Å². The number of nitrogens with zero attached hydrogens (tertiary/aromatic N) is 1. The number of aromatic nitrogens is 2. The number of aromatic amines is 1. The van der Waals surface area contributed by atoms with Crippen molar-refractivity contribution in [2.75, 3.05) is 0 Å². The zero-order chi connectivity index (χ0) is 14.5. The molecule has 0 radical (unpaired) electrons. The van der Waals surface area contributed by atoms with Crippen molar-refractivity contribution in [1.82, 2.24) is 9.78 Å². The molecular formula is C14H13F3N2O. The minimum Gasteiger partial charge on any atom is -0.294 e. The van der Waals surface area contributed by atoms with Gasteiger partial charge in [-0.05, 0) is 25.0 Å². The molecule has 0 aliphatic heterocycles. The van der Waals surface area contributed by atoms with E-state index in [0.29, 0.717) is 5.69 Å². The molecule has 1 N–H and O–H groups in total. The van der Waals surface area contributed by atoms with Gasteiger partial charge in [0.25, 0.3) is 5.56 Å². The highest BCUT2D eigenvalue weighted by atomic mass is 19.4. The highest BCUT2D eigenvalue weighted by Crippen LogP contribution is 2.46. The molecule has 1 heterocycles. The minimum atomic E-state index is -4.50. The minimum absolute atomic E-state index is 0.0996. The zero-order valence-corrected chi connectivity index (χ0v) is 10.8. The van der Waals surface area contributed by atoms with E-state index in [4.69, 9.17) is 0 Å². The first-order valence-corrected chi connectivity index (χ1v) is 6.30. The van der Waals surface area contributed by atoms with E-state index in [1.54, 1.807) is 0 Å². The van der Waals surface area contributed by atoms with Crippen LogP contribution >= 0.6 is 0 Å². The van der Waals surface area contributed by atoms with Crippen LogP contribution in [0, 0.1) is 0 Å². The lowest BCUT2D eigenvalue weighted by Crippen LogP contribution is -2.19. The molecule has 1 saturated carbocycles. The van der Waals surface area contributed by atoms with E-state index in [9.17, 15) is 18.0 Å². The number of halogens is 3. The first-order valence-electron chi connectivity index (χ1n) is 6.30. The molecule has 1 aromatic heterocycles. The number of rotatable bonds is 2. The second kappa shape index (κ2) is 4.01. The van der Waals surface area contributed by atoms with Crippen LogP contribution in [-0.4, -0.2) is 9.78 Å². The molecule has 1 aromatic carbocycles. The van der Waals surface area contributed by atoms with Crippen LogP contribution in [0.3, 0.4) is 0 Å². The largest absolute Gasteiger partial charge is 0.418 e. The number of benzene rings is 1. The summed E-state index contributed by atoms with van der Waals surface area (Å²) in [5.41, 5.74) is -0.862. The van der Waals surface area contributed by atoms with Gasteiger partial charge in [-0.1, -0.05) is 19.1 Å². The van der Waals surface area contributed by atoms with Crippen LogP contribution in [0.4, 0.5) is 13.2 Å². The second-order valence-corrected chi connectivity index (χ2v) is 5.42. The Morgan fingerprint density at radius 2 is 1.90 bits per heavy atom. The molecule has 3 nitrogen and oxygen atoms in total. The maximum Gasteiger partial charge on any atom is 0.418 e. The van der Waals surface area contributed by atoms with Crippen molar-refractivity contribution in [3.63, 3.8) is 0 Å². The number of para-hydroxylation sites is 1. The van der Waals surface area contributed by atoms with E-state index in [2.05, 4.69) is 5.10 Å². The Hall–Kier alpha value is -1.98. The maximum atomic E-state index is 13.0. The van der Waals surface area contributed by atoms with Crippen LogP contribution in [0.15, 0.2) is 35.1 Å². The number of hydrogen-bond acceptors (Lipinski definition) is 1. The Morgan fingerprint density at radius 1 is 1.25 bits per heavy atom. The predicted molar refractivity (Wildman–Crippen MR) is 68.0 cm³/mol. The standard InChI is InChI=1S/C14H13F3N2O/c1-13(6-7-13)11-8-12(20)19(18-11)10-5-3-2-4-9(10)14(15,16)17/h2-5,8,18H,6-7H2,1H3. The molecule has 0 atom stereocenters. The van der Waals surface area contributed by atoms with Crippen molar-refractivity contribution in [3.05, 3.63) is 51.9 Å². The molecule has 0 saturated heterocycles. The zero-order valence-electron chi connectivity index (χ0n) is 10.8. The van der Waals surface area contributed by atoms with E-state index in [1.165, 1.54) is 24.3 Å². The van der Waals surface area contributed by atoms with Crippen molar-refractivity contribution in [3.8, 4) is 5.69 Å². The molecule has 6 heteroatoms. The van der Waals surface area contributed by atoms with Crippen LogP contribution in [0.2, 0.25) is 0 Å². The third-order valence-corrected chi connectivity index (χ3v) is 3.82. The Bertz CT molecular complexity index is 708. The predicted octanol–water partition coefficient (Wildman–Crippen LogP) is 3.24. The molecule has 0 spiro atoms. The van der Waals surface area contributed by atoms with Crippen molar-refractivity contribution in [2.45, 2.75) is 31.4 Å². The first kappa shape index (κ1) is 13.0. The highest BCUT2D eigenvalue weighted by Gasteiger charge is 2.41. The van der Waals surface area contributed by atoms with Gasteiger partial charge in [-0.15, -0.1) is 0 Å². The van der Waals surface area contributed by atoms with Crippen LogP contribution in [0.25, 0.3) is 5.69 Å². The summed E-state index contributed by atoms with van der Waals surface area (Å²) in [5, 5.41) is 2.82. The molecule has 0 bridgehead atoms. The lowest BCUT2D eigenvalue weighted by molar-refractivity contribution is -0.137. The van der Waals surface area contributed by atoms with Gasteiger partial charge in [-0.2, -0.15) is 13.2 Å². The summed E-state index contributed by atoms with van der Waals surface area (Å²) < 4.78 is 39.9. The summed E-state index contributed by atoms with van der Waals surface area (Å²) >= 11 is 0. The fourth-order valence-electron chi connectivity index (χ4n) is 2.25. The third kappa shape index (κ3) is 2.05. The van der Waals surface area contributed by atoms with Crippen molar-refractivity contribution in [1.29, 1.82) is 0 Å². The average molecular weight is 282 g/mol. The van der Waals surface area contributed by atoms with E-state index in [0.717, 1.165) is 23.6 Å². The summed E-state index contributed by atoms with van der Waals surface area (Å²) in [5.74, 6) is 0. The molecule has 1 aliphatic rings. The number of H-pyrrole nitrogens is 1. The smallest absolute Gasteiger partial charge is 0.294 e. The summed E-state index contributed by atoms with van der Waals surface area (Å²) in [6.07, 6.45) is -2.62. The number of alkyl halides is 3. The Kier molecular flexibility index (Phi) is 2.61. The van der Waals surface area contributed by atoms with Gasteiger partial charge in [0.2, 0.25) is 0 Å². The van der Waals surface area contributed by atoms with Crippen LogP contribution in [0.5, 0.6) is 0 Å². The topological polar surface area (TPSA) is 37.8 Å². The van der Waals surface area contributed by atoms with E-state index in [1.807, 2.05) is 6.92 Å². The molecule has 1 fully saturated rings.